The minimum atomic E-state index is -0.826. The van der Waals surface area contributed by atoms with Crippen LogP contribution in [0.25, 0.3) is 0 Å². The molecular weight excluding hydrogens is 260 g/mol. The van der Waals surface area contributed by atoms with E-state index in [-0.39, 0.29) is 5.56 Å². The molecule has 0 aliphatic heterocycles. The van der Waals surface area contributed by atoms with Gasteiger partial charge in [-0.2, -0.15) is 0 Å². The minimum absolute atomic E-state index is 0.101. The van der Waals surface area contributed by atoms with Crippen molar-refractivity contribution in [2.75, 3.05) is 19.5 Å². The van der Waals surface area contributed by atoms with Crippen molar-refractivity contribution in [1.82, 2.24) is 4.90 Å². The maximum Gasteiger partial charge on any atom is 0.256 e. The molecule has 0 spiro atoms. The maximum atomic E-state index is 13.4. The number of rotatable bonds is 6. The summed E-state index contributed by atoms with van der Waals surface area (Å²) in [7, 11) is 1.60. The second-order valence-electron chi connectivity index (χ2n) is 4.10. The van der Waals surface area contributed by atoms with Gasteiger partial charge in [0, 0.05) is 25.5 Å². The molecule has 1 amide bonds. The molecule has 0 aliphatic carbocycles. The van der Waals surface area contributed by atoms with Crippen LogP contribution in [0.2, 0.25) is 0 Å². The summed E-state index contributed by atoms with van der Waals surface area (Å²) in [5.41, 5.74) is -0.101. The van der Waals surface area contributed by atoms with Gasteiger partial charge in [-0.25, -0.2) is 8.78 Å². The second kappa shape index (κ2) is 7.31. The van der Waals surface area contributed by atoms with E-state index in [1.54, 1.807) is 7.05 Å². The fourth-order valence-corrected chi connectivity index (χ4v) is 1.78. The number of halogens is 3. The van der Waals surface area contributed by atoms with Gasteiger partial charge in [0.15, 0.2) is 0 Å². The number of hydrogen-bond acceptors (Lipinski definition) is 1. The van der Waals surface area contributed by atoms with Gasteiger partial charge in [-0.3, -0.25) is 4.79 Å². The number of alkyl halides is 1. The highest BCUT2D eigenvalue weighted by Crippen LogP contribution is 2.12. The Kier molecular flexibility index (Phi) is 6.05. The Morgan fingerprint density at radius 3 is 2.61 bits per heavy atom. The molecule has 0 atom stereocenters. The highest BCUT2D eigenvalue weighted by atomic mass is 35.5. The molecule has 1 aromatic rings. The third-order valence-electron chi connectivity index (χ3n) is 2.64. The normalized spacial score (nSPS) is 10.4. The maximum absolute atomic E-state index is 13.4. The van der Waals surface area contributed by atoms with Crippen molar-refractivity contribution in [2.45, 2.75) is 19.3 Å². The Bertz CT molecular complexity index is 412. The summed E-state index contributed by atoms with van der Waals surface area (Å²) in [4.78, 5) is 13.3. The number of carbonyl (C=O) groups excluding carboxylic acids is 1. The van der Waals surface area contributed by atoms with Crippen LogP contribution in [-0.2, 0) is 0 Å². The van der Waals surface area contributed by atoms with E-state index in [4.69, 9.17) is 11.6 Å². The van der Waals surface area contributed by atoms with E-state index in [9.17, 15) is 13.6 Å². The summed E-state index contributed by atoms with van der Waals surface area (Å²) >= 11 is 5.55. The Balaban J connectivity index is 2.57. The topological polar surface area (TPSA) is 20.3 Å². The zero-order chi connectivity index (χ0) is 13.5. The first-order valence-electron chi connectivity index (χ1n) is 5.82. The highest BCUT2D eigenvalue weighted by Gasteiger charge is 2.16. The molecule has 5 heteroatoms. The highest BCUT2D eigenvalue weighted by molar-refractivity contribution is 6.17. The smallest absolute Gasteiger partial charge is 0.256 e. The van der Waals surface area contributed by atoms with Gasteiger partial charge in [-0.15, -0.1) is 11.6 Å². The number of nitrogens with zero attached hydrogens (tertiary/aromatic N) is 1. The molecular formula is C13H16ClF2NO. The SMILES string of the molecule is CN(CCCCCCl)C(=O)c1ccc(F)cc1F. The average Bonchev–Trinajstić information content (AvgIpc) is 2.33. The summed E-state index contributed by atoms with van der Waals surface area (Å²) in [5.74, 6) is -1.34. The van der Waals surface area contributed by atoms with Crippen LogP contribution in [0.1, 0.15) is 29.6 Å². The zero-order valence-corrected chi connectivity index (χ0v) is 11.0. The van der Waals surface area contributed by atoms with E-state index < -0.39 is 17.5 Å². The van der Waals surface area contributed by atoms with Crippen LogP contribution in [0, 0.1) is 11.6 Å². The van der Waals surface area contributed by atoms with Crippen LogP contribution < -0.4 is 0 Å². The standard InChI is InChI=1S/C13H16ClF2NO/c1-17(8-4-2-3-7-14)13(18)11-6-5-10(15)9-12(11)16/h5-6,9H,2-4,7-8H2,1H3. The monoisotopic (exact) mass is 275 g/mol. The van der Waals surface area contributed by atoms with Crippen molar-refractivity contribution in [1.29, 1.82) is 0 Å². The molecule has 0 heterocycles. The summed E-state index contributed by atoms with van der Waals surface area (Å²) in [5, 5.41) is 0. The first-order chi connectivity index (χ1) is 8.56. The molecule has 0 aliphatic rings. The predicted octanol–water partition coefficient (Wildman–Crippen LogP) is 3.45. The third kappa shape index (κ3) is 4.26. The number of amides is 1. The fraction of sp³-hybridized carbons (Fsp3) is 0.462. The predicted molar refractivity (Wildman–Crippen MR) is 67.9 cm³/mol. The Labute approximate surface area is 111 Å². The Morgan fingerprint density at radius 1 is 1.28 bits per heavy atom. The summed E-state index contributed by atoms with van der Waals surface area (Å²) in [6, 6.07) is 2.97. The average molecular weight is 276 g/mol. The number of carbonyl (C=O) groups is 1. The van der Waals surface area contributed by atoms with E-state index in [2.05, 4.69) is 0 Å². The molecule has 0 fully saturated rings. The van der Waals surface area contributed by atoms with Gasteiger partial charge in [-0.05, 0) is 25.0 Å². The summed E-state index contributed by atoms with van der Waals surface area (Å²) in [6.45, 7) is 0.534. The van der Waals surface area contributed by atoms with Crippen molar-refractivity contribution in [3.63, 3.8) is 0 Å². The second-order valence-corrected chi connectivity index (χ2v) is 4.48. The molecule has 18 heavy (non-hydrogen) atoms. The molecule has 100 valence electrons. The van der Waals surface area contributed by atoms with Crippen LogP contribution in [0.15, 0.2) is 18.2 Å². The van der Waals surface area contributed by atoms with Gasteiger partial charge in [0.1, 0.15) is 11.6 Å². The van der Waals surface area contributed by atoms with Gasteiger partial charge < -0.3 is 4.90 Å². The van der Waals surface area contributed by atoms with Gasteiger partial charge in [-0.1, -0.05) is 6.42 Å². The van der Waals surface area contributed by atoms with Gasteiger partial charge in [0.25, 0.3) is 5.91 Å². The van der Waals surface area contributed by atoms with Crippen molar-refractivity contribution in [2.24, 2.45) is 0 Å². The van der Waals surface area contributed by atoms with Crippen LogP contribution in [0.4, 0.5) is 8.78 Å². The van der Waals surface area contributed by atoms with Crippen molar-refractivity contribution < 1.29 is 13.6 Å². The molecule has 0 unspecified atom stereocenters. The van der Waals surface area contributed by atoms with Crippen LogP contribution in [0.5, 0.6) is 0 Å². The molecule has 2 nitrogen and oxygen atoms in total. The van der Waals surface area contributed by atoms with Gasteiger partial charge in [0.05, 0.1) is 5.56 Å². The molecule has 1 rings (SSSR count). The van der Waals surface area contributed by atoms with Crippen molar-refractivity contribution >= 4 is 17.5 Å². The van der Waals surface area contributed by atoms with Gasteiger partial charge in [0.2, 0.25) is 0 Å². The van der Waals surface area contributed by atoms with E-state index >= 15 is 0 Å². The lowest BCUT2D eigenvalue weighted by atomic mass is 10.1. The van der Waals surface area contributed by atoms with E-state index in [0.29, 0.717) is 18.5 Å². The largest absolute Gasteiger partial charge is 0.342 e. The quantitative estimate of drug-likeness (QED) is 0.575. The molecule has 0 saturated carbocycles. The number of benzene rings is 1. The molecule has 1 aromatic carbocycles. The van der Waals surface area contributed by atoms with Gasteiger partial charge >= 0.3 is 0 Å². The summed E-state index contributed by atoms with van der Waals surface area (Å²) in [6.07, 6.45) is 2.64. The fourth-order valence-electron chi connectivity index (χ4n) is 1.59. The van der Waals surface area contributed by atoms with E-state index in [0.717, 1.165) is 25.3 Å². The lowest BCUT2D eigenvalue weighted by Gasteiger charge is -2.17. The number of unbranched alkanes of at least 4 members (excludes halogenated alkanes) is 2. The van der Waals surface area contributed by atoms with Crippen molar-refractivity contribution in [3.8, 4) is 0 Å². The van der Waals surface area contributed by atoms with Crippen molar-refractivity contribution in [3.05, 3.63) is 35.4 Å². The molecule has 0 N–H and O–H groups in total. The van der Waals surface area contributed by atoms with Crippen LogP contribution in [0.3, 0.4) is 0 Å². The van der Waals surface area contributed by atoms with Crippen LogP contribution in [-0.4, -0.2) is 30.3 Å². The number of hydrogen-bond donors (Lipinski definition) is 0. The minimum Gasteiger partial charge on any atom is -0.342 e. The Morgan fingerprint density at radius 2 is 2.00 bits per heavy atom. The molecule has 0 radical (unpaired) electrons. The van der Waals surface area contributed by atoms with E-state index in [1.807, 2.05) is 0 Å². The lowest BCUT2D eigenvalue weighted by molar-refractivity contribution is 0.0788. The first kappa shape index (κ1) is 14.9. The Hall–Kier alpha value is -1.16. The molecule has 0 aromatic heterocycles. The molecule has 0 saturated heterocycles. The van der Waals surface area contributed by atoms with E-state index in [1.165, 1.54) is 11.0 Å². The molecule has 0 bridgehead atoms. The summed E-state index contributed by atoms with van der Waals surface area (Å²) < 4.78 is 26.1. The zero-order valence-electron chi connectivity index (χ0n) is 10.3. The van der Waals surface area contributed by atoms with Crippen LogP contribution >= 0.6 is 11.6 Å². The first-order valence-corrected chi connectivity index (χ1v) is 6.36. The lowest BCUT2D eigenvalue weighted by Crippen LogP contribution is -2.28. The third-order valence-corrected chi connectivity index (χ3v) is 2.90.